The van der Waals surface area contributed by atoms with Gasteiger partial charge in [-0.15, -0.1) is 0 Å². The minimum atomic E-state index is -0.768. The molecule has 130 valence electrons. The van der Waals surface area contributed by atoms with Gasteiger partial charge in [-0.1, -0.05) is 18.2 Å². The number of ether oxygens (including phenoxy) is 2. The number of nitrogens with one attached hydrogen (secondary N) is 1. The van der Waals surface area contributed by atoms with Gasteiger partial charge >= 0.3 is 6.03 Å². The van der Waals surface area contributed by atoms with Crippen LogP contribution in [0.15, 0.2) is 36.4 Å². The lowest BCUT2D eigenvalue weighted by Gasteiger charge is -2.50. The number of hydrogen-bond acceptors (Lipinski definition) is 3. The Morgan fingerprint density at radius 2 is 2.04 bits per heavy atom. The van der Waals surface area contributed by atoms with Gasteiger partial charge in [-0.25, -0.2) is 4.79 Å². The minimum absolute atomic E-state index is 0.0841. The van der Waals surface area contributed by atoms with Crippen LogP contribution in [-0.2, 0) is 0 Å². The number of aryl methyl sites for hydroxylation is 2. The van der Waals surface area contributed by atoms with Crippen molar-refractivity contribution >= 4 is 11.7 Å². The molecule has 25 heavy (non-hydrogen) atoms. The van der Waals surface area contributed by atoms with Gasteiger partial charge in [0.05, 0.1) is 13.2 Å². The van der Waals surface area contributed by atoms with E-state index in [1.807, 2.05) is 50.2 Å². The highest BCUT2D eigenvalue weighted by molar-refractivity contribution is 5.95. The van der Waals surface area contributed by atoms with Crippen LogP contribution in [-0.4, -0.2) is 18.9 Å². The van der Waals surface area contributed by atoms with E-state index in [0.29, 0.717) is 17.9 Å². The van der Waals surface area contributed by atoms with Gasteiger partial charge in [0.2, 0.25) is 0 Å². The Hall–Kier alpha value is -2.69. The van der Waals surface area contributed by atoms with Gasteiger partial charge in [0, 0.05) is 17.7 Å². The topological polar surface area (TPSA) is 50.8 Å². The second-order valence-electron chi connectivity index (χ2n) is 6.97. The van der Waals surface area contributed by atoms with E-state index in [1.165, 1.54) is 5.56 Å². The maximum atomic E-state index is 12.9. The Morgan fingerprint density at radius 3 is 2.76 bits per heavy atom. The summed E-state index contributed by atoms with van der Waals surface area (Å²) in [7, 11) is 1.63. The molecule has 0 aliphatic carbocycles. The normalized spacial score (nSPS) is 24.2. The van der Waals surface area contributed by atoms with Crippen LogP contribution < -0.4 is 19.7 Å². The molecule has 0 aromatic heterocycles. The van der Waals surface area contributed by atoms with Crippen LogP contribution in [0.5, 0.6) is 11.5 Å². The van der Waals surface area contributed by atoms with Crippen molar-refractivity contribution in [1.29, 1.82) is 0 Å². The fourth-order valence-corrected chi connectivity index (χ4v) is 3.78. The predicted molar refractivity (Wildman–Crippen MR) is 96.3 cm³/mol. The first-order valence-electron chi connectivity index (χ1n) is 8.47. The third-order valence-corrected chi connectivity index (χ3v) is 5.23. The minimum Gasteiger partial charge on any atom is -0.493 e. The molecule has 1 saturated heterocycles. The van der Waals surface area contributed by atoms with Crippen molar-refractivity contribution < 1.29 is 14.3 Å². The first-order valence-corrected chi connectivity index (χ1v) is 8.47. The van der Waals surface area contributed by atoms with Crippen molar-refractivity contribution in [1.82, 2.24) is 5.32 Å². The zero-order valence-corrected chi connectivity index (χ0v) is 14.9. The maximum absolute atomic E-state index is 12.9. The van der Waals surface area contributed by atoms with Crippen molar-refractivity contribution in [2.75, 3.05) is 12.0 Å². The average Bonchev–Trinajstić information content (AvgIpc) is 2.57. The number of methoxy groups -OCH3 is 1. The lowest BCUT2D eigenvalue weighted by Crippen LogP contribution is -2.65. The fraction of sp³-hybridized carbons (Fsp3) is 0.350. The molecule has 1 fully saturated rings. The average molecular weight is 338 g/mol. The molecule has 0 spiro atoms. The smallest absolute Gasteiger partial charge is 0.325 e. The van der Waals surface area contributed by atoms with Crippen molar-refractivity contribution in [2.45, 2.75) is 39.0 Å². The van der Waals surface area contributed by atoms with Gasteiger partial charge in [0.1, 0.15) is 0 Å². The number of urea groups is 1. The second kappa shape index (κ2) is 5.41. The van der Waals surface area contributed by atoms with Gasteiger partial charge in [-0.05, 0) is 50.1 Å². The molecule has 2 aliphatic heterocycles. The number of anilines is 1. The van der Waals surface area contributed by atoms with E-state index in [9.17, 15) is 4.79 Å². The summed E-state index contributed by atoms with van der Waals surface area (Å²) < 4.78 is 11.8. The molecular weight excluding hydrogens is 316 g/mol. The molecule has 1 N–H and O–H groups in total. The molecule has 2 atom stereocenters. The Labute approximate surface area is 147 Å². The SMILES string of the molecule is COc1cccc2c1O[C@@]1(C)C[C@H]2NC(=O)N1c1ccc(C)c(C)c1. The molecule has 0 saturated carbocycles. The Kier molecular flexibility index (Phi) is 3.42. The molecule has 5 nitrogen and oxygen atoms in total. The molecular formula is C20H22N2O3. The summed E-state index contributed by atoms with van der Waals surface area (Å²) in [6.45, 7) is 6.07. The highest BCUT2D eigenvalue weighted by atomic mass is 16.5. The van der Waals surface area contributed by atoms with E-state index in [-0.39, 0.29) is 12.1 Å². The highest BCUT2D eigenvalue weighted by Crippen LogP contribution is 2.49. The number of amides is 2. The van der Waals surface area contributed by atoms with Crippen LogP contribution >= 0.6 is 0 Å². The van der Waals surface area contributed by atoms with E-state index in [0.717, 1.165) is 16.8 Å². The highest BCUT2D eigenvalue weighted by Gasteiger charge is 2.50. The molecule has 2 aromatic carbocycles. The Morgan fingerprint density at radius 1 is 1.24 bits per heavy atom. The summed E-state index contributed by atoms with van der Waals surface area (Å²) in [5.41, 5.74) is 3.37. The van der Waals surface area contributed by atoms with E-state index in [1.54, 1.807) is 12.0 Å². The molecule has 2 heterocycles. The van der Waals surface area contributed by atoms with Crippen LogP contribution in [0, 0.1) is 13.8 Å². The van der Waals surface area contributed by atoms with E-state index in [4.69, 9.17) is 9.47 Å². The number of fused-ring (bicyclic) bond motifs is 4. The summed E-state index contributed by atoms with van der Waals surface area (Å²) in [6.07, 6.45) is 0.672. The summed E-state index contributed by atoms with van der Waals surface area (Å²) in [4.78, 5) is 14.6. The van der Waals surface area contributed by atoms with Crippen LogP contribution in [0.3, 0.4) is 0 Å². The number of hydrogen-bond donors (Lipinski definition) is 1. The Balaban J connectivity index is 1.82. The van der Waals surface area contributed by atoms with Gasteiger partial charge < -0.3 is 14.8 Å². The molecule has 2 aliphatic rings. The van der Waals surface area contributed by atoms with Crippen LogP contribution in [0.1, 0.15) is 36.1 Å². The zero-order valence-electron chi connectivity index (χ0n) is 14.9. The third-order valence-electron chi connectivity index (χ3n) is 5.23. The Bertz CT molecular complexity index is 864. The summed E-state index contributed by atoms with van der Waals surface area (Å²) in [5.74, 6) is 1.39. The van der Waals surface area contributed by atoms with Crippen molar-refractivity contribution in [3.8, 4) is 11.5 Å². The summed E-state index contributed by atoms with van der Waals surface area (Å²) >= 11 is 0. The molecule has 5 heteroatoms. The monoisotopic (exact) mass is 338 g/mol. The van der Waals surface area contributed by atoms with E-state index >= 15 is 0 Å². The van der Waals surface area contributed by atoms with E-state index in [2.05, 4.69) is 12.2 Å². The summed E-state index contributed by atoms with van der Waals surface area (Å²) in [5, 5.41) is 3.11. The standard InChI is InChI=1S/C20H22N2O3/c1-12-8-9-14(10-13(12)2)22-19(23)21-16-11-20(22,3)25-18-15(16)6-5-7-17(18)24-4/h5-10,16H,11H2,1-4H3,(H,21,23)/t16-,20+/m1/s1. The lowest BCUT2D eigenvalue weighted by molar-refractivity contribution is 0.0349. The third kappa shape index (κ3) is 2.34. The lowest BCUT2D eigenvalue weighted by atomic mass is 9.89. The molecule has 2 bridgehead atoms. The fourth-order valence-electron chi connectivity index (χ4n) is 3.78. The maximum Gasteiger partial charge on any atom is 0.325 e. The predicted octanol–water partition coefficient (Wildman–Crippen LogP) is 4.08. The molecule has 0 radical (unpaired) electrons. The van der Waals surface area contributed by atoms with Gasteiger partial charge in [0.25, 0.3) is 0 Å². The molecule has 0 unspecified atom stereocenters. The van der Waals surface area contributed by atoms with Gasteiger partial charge in [-0.3, -0.25) is 4.90 Å². The zero-order chi connectivity index (χ0) is 17.8. The van der Waals surface area contributed by atoms with Crippen LogP contribution in [0.4, 0.5) is 10.5 Å². The quantitative estimate of drug-likeness (QED) is 0.897. The van der Waals surface area contributed by atoms with Crippen LogP contribution in [0.2, 0.25) is 0 Å². The first-order chi connectivity index (χ1) is 11.9. The number of rotatable bonds is 2. The molecule has 4 rings (SSSR count). The number of para-hydroxylation sites is 1. The van der Waals surface area contributed by atoms with Crippen molar-refractivity contribution in [2.24, 2.45) is 0 Å². The largest absolute Gasteiger partial charge is 0.493 e. The molecule has 2 aromatic rings. The second-order valence-corrected chi connectivity index (χ2v) is 6.97. The van der Waals surface area contributed by atoms with E-state index < -0.39 is 5.72 Å². The first kappa shape index (κ1) is 15.8. The number of carbonyl (C=O) groups is 1. The number of benzene rings is 2. The molecule has 2 amide bonds. The van der Waals surface area contributed by atoms with Gasteiger partial charge in [-0.2, -0.15) is 0 Å². The summed E-state index contributed by atoms with van der Waals surface area (Å²) in [6, 6.07) is 11.6. The number of carbonyl (C=O) groups excluding carboxylic acids is 1. The van der Waals surface area contributed by atoms with Crippen LogP contribution in [0.25, 0.3) is 0 Å². The van der Waals surface area contributed by atoms with Gasteiger partial charge in [0.15, 0.2) is 17.2 Å². The van der Waals surface area contributed by atoms with Crippen molar-refractivity contribution in [3.63, 3.8) is 0 Å². The number of nitrogens with zero attached hydrogens (tertiary/aromatic N) is 1. The van der Waals surface area contributed by atoms with Crippen molar-refractivity contribution in [3.05, 3.63) is 53.1 Å².